The van der Waals surface area contributed by atoms with Crippen molar-refractivity contribution in [3.8, 4) is 5.75 Å². The quantitative estimate of drug-likeness (QED) is 0.721. The molecule has 25 heavy (non-hydrogen) atoms. The van der Waals surface area contributed by atoms with Crippen molar-refractivity contribution in [2.75, 3.05) is 11.5 Å². The summed E-state index contributed by atoms with van der Waals surface area (Å²) in [6, 6.07) is 3.84. The summed E-state index contributed by atoms with van der Waals surface area (Å²) < 4.78 is 0. The molecule has 134 valence electrons. The first-order valence-electron chi connectivity index (χ1n) is 8.07. The fraction of sp³-hybridized carbons (Fsp3) is 0.444. The highest BCUT2D eigenvalue weighted by Gasteiger charge is 2.26. The number of aliphatic imine (C=N–C) groups is 1. The van der Waals surface area contributed by atoms with Crippen LogP contribution in [0.15, 0.2) is 17.1 Å². The lowest BCUT2D eigenvalue weighted by Gasteiger charge is -2.27. The van der Waals surface area contributed by atoms with Crippen LogP contribution in [-0.4, -0.2) is 26.3 Å². The van der Waals surface area contributed by atoms with Crippen molar-refractivity contribution < 1.29 is 5.11 Å². The van der Waals surface area contributed by atoms with Crippen molar-refractivity contribution in [3.63, 3.8) is 0 Å². The Kier molecular flexibility index (Phi) is 4.70. The highest BCUT2D eigenvalue weighted by Crippen LogP contribution is 2.39. The van der Waals surface area contributed by atoms with E-state index < -0.39 is 0 Å². The fourth-order valence-corrected chi connectivity index (χ4v) is 2.46. The molecular weight excluding hydrogens is 316 g/mol. The molecule has 0 aliphatic heterocycles. The van der Waals surface area contributed by atoms with Crippen LogP contribution in [0.3, 0.4) is 0 Å². The van der Waals surface area contributed by atoms with E-state index in [1.807, 2.05) is 12.1 Å². The number of phenols is 1. The smallest absolute Gasteiger partial charge is 0.255 e. The average Bonchev–Trinajstić information content (AvgIpc) is 2.42. The maximum Gasteiger partial charge on any atom is 0.255 e. The summed E-state index contributed by atoms with van der Waals surface area (Å²) in [7, 11) is 0. The van der Waals surface area contributed by atoms with E-state index in [1.54, 1.807) is 6.21 Å². The Morgan fingerprint density at radius 3 is 1.72 bits per heavy atom. The van der Waals surface area contributed by atoms with Gasteiger partial charge in [-0.05, 0) is 28.5 Å². The molecule has 0 amide bonds. The molecule has 0 unspecified atom stereocenters. The summed E-state index contributed by atoms with van der Waals surface area (Å²) in [6.07, 6.45) is 1.64. The Balaban J connectivity index is 2.56. The molecule has 0 atom stereocenters. The molecule has 1 heterocycles. The summed E-state index contributed by atoms with van der Waals surface area (Å²) in [4.78, 5) is 15.8. The predicted molar refractivity (Wildman–Crippen MR) is 101 cm³/mol. The zero-order valence-corrected chi connectivity index (χ0v) is 15.6. The van der Waals surface area contributed by atoms with Crippen molar-refractivity contribution in [2.45, 2.75) is 52.4 Å². The fourth-order valence-electron chi connectivity index (χ4n) is 2.46. The topological polar surface area (TPSA) is 123 Å². The van der Waals surface area contributed by atoms with Crippen LogP contribution in [0.1, 0.15) is 58.2 Å². The zero-order chi connectivity index (χ0) is 19.0. The first-order valence-corrected chi connectivity index (χ1v) is 8.07. The minimum Gasteiger partial charge on any atom is -0.507 e. The molecule has 0 bridgehead atoms. The van der Waals surface area contributed by atoms with E-state index in [4.69, 9.17) is 11.5 Å². The van der Waals surface area contributed by atoms with Gasteiger partial charge in [-0.15, -0.1) is 0 Å². The number of nitrogens with two attached hydrogens (primary N) is 2. The van der Waals surface area contributed by atoms with Gasteiger partial charge in [0.2, 0.25) is 11.9 Å². The van der Waals surface area contributed by atoms with Crippen LogP contribution in [0.4, 0.5) is 17.8 Å². The highest BCUT2D eigenvalue weighted by molar-refractivity contribution is 5.83. The molecule has 7 nitrogen and oxygen atoms in total. The molecule has 2 rings (SSSR count). The first kappa shape index (κ1) is 18.6. The summed E-state index contributed by atoms with van der Waals surface area (Å²) in [5, 5.41) is 10.7. The first-order chi connectivity index (χ1) is 11.4. The molecule has 7 heteroatoms. The number of hydrogen-bond donors (Lipinski definition) is 3. The maximum absolute atomic E-state index is 10.7. The van der Waals surface area contributed by atoms with Gasteiger partial charge in [-0.25, -0.2) is 4.99 Å². The van der Waals surface area contributed by atoms with Crippen molar-refractivity contribution in [1.29, 1.82) is 0 Å². The average molecular weight is 342 g/mol. The van der Waals surface area contributed by atoms with Gasteiger partial charge in [-0.1, -0.05) is 41.5 Å². The number of aromatic nitrogens is 3. The van der Waals surface area contributed by atoms with Gasteiger partial charge in [-0.3, -0.25) is 0 Å². The van der Waals surface area contributed by atoms with E-state index >= 15 is 0 Å². The molecule has 1 aromatic heterocycles. The van der Waals surface area contributed by atoms with E-state index in [-0.39, 0.29) is 28.7 Å². The van der Waals surface area contributed by atoms with E-state index in [1.165, 1.54) is 0 Å². The second-order valence-electron chi connectivity index (χ2n) is 8.07. The molecule has 1 aromatic carbocycles. The van der Waals surface area contributed by atoms with Crippen LogP contribution < -0.4 is 11.5 Å². The zero-order valence-electron chi connectivity index (χ0n) is 15.6. The maximum atomic E-state index is 10.7. The van der Waals surface area contributed by atoms with Gasteiger partial charge in [0.25, 0.3) is 5.95 Å². The molecule has 0 saturated heterocycles. The molecule has 2 aromatic rings. The molecular formula is C18H26N6O. The van der Waals surface area contributed by atoms with Gasteiger partial charge in [0, 0.05) is 17.3 Å². The second kappa shape index (κ2) is 6.31. The number of benzene rings is 1. The Labute approximate surface area is 148 Å². The monoisotopic (exact) mass is 342 g/mol. The van der Waals surface area contributed by atoms with Crippen LogP contribution in [0.5, 0.6) is 5.75 Å². The number of nitrogen functional groups attached to an aromatic ring is 2. The van der Waals surface area contributed by atoms with Gasteiger partial charge in [-0.2, -0.15) is 15.0 Å². The third-order valence-electron chi connectivity index (χ3n) is 3.74. The largest absolute Gasteiger partial charge is 0.507 e. The standard InChI is InChI=1S/C18H26N6O/c1-17(2,3)11-7-10(8-12(13(11)25)18(4,5)6)9-21-16-23-14(19)22-15(20)24-16/h7-9,25H,1-6H3,(H4,19,20,22,23,24). The van der Waals surface area contributed by atoms with Crippen molar-refractivity contribution in [2.24, 2.45) is 4.99 Å². The SMILES string of the molecule is CC(C)(C)c1cc(C=Nc2nc(N)nc(N)n2)cc(C(C)(C)C)c1O. The van der Waals surface area contributed by atoms with E-state index in [0.29, 0.717) is 5.75 Å². The Morgan fingerprint density at radius 1 is 0.880 bits per heavy atom. The molecule has 0 saturated carbocycles. The minimum atomic E-state index is -0.212. The van der Waals surface area contributed by atoms with E-state index in [9.17, 15) is 5.11 Å². The third-order valence-corrected chi connectivity index (χ3v) is 3.74. The molecule has 0 spiro atoms. The number of rotatable bonds is 2. The number of nitrogens with zero attached hydrogens (tertiary/aromatic N) is 4. The number of aromatic hydroxyl groups is 1. The minimum absolute atomic E-state index is 0.0242. The van der Waals surface area contributed by atoms with Gasteiger partial charge >= 0.3 is 0 Å². The Bertz CT molecular complexity index is 760. The van der Waals surface area contributed by atoms with Crippen molar-refractivity contribution in [3.05, 3.63) is 28.8 Å². The van der Waals surface area contributed by atoms with Crippen LogP contribution in [0.25, 0.3) is 0 Å². The lowest BCUT2D eigenvalue weighted by Crippen LogP contribution is -2.17. The van der Waals surface area contributed by atoms with Crippen LogP contribution in [0.2, 0.25) is 0 Å². The van der Waals surface area contributed by atoms with E-state index in [2.05, 4.69) is 61.5 Å². The Morgan fingerprint density at radius 2 is 1.32 bits per heavy atom. The second-order valence-corrected chi connectivity index (χ2v) is 8.07. The summed E-state index contributed by atoms with van der Waals surface area (Å²) >= 11 is 0. The molecule has 0 aliphatic rings. The molecule has 0 fully saturated rings. The lowest BCUT2D eigenvalue weighted by atomic mass is 9.78. The van der Waals surface area contributed by atoms with Gasteiger partial charge in [0.05, 0.1) is 0 Å². The predicted octanol–water partition coefficient (Wildman–Crippen LogP) is 3.09. The number of anilines is 2. The van der Waals surface area contributed by atoms with Crippen LogP contribution >= 0.6 is 0 Å². The summed E-state index contributed by atoms with van der Waals surface area (Å²) in [6.45, 7) is 12.3. The number of phenolic OH excluding ortho intramolecular Hbond substituents is 1. The van der Waals surface area contributed by atoms with Gasteiger partial charge in [0.1, 0.15) is 5.75 Å². The molecule has 0 radical (unpaired) electrons. The third kappa shape index (κ3) is 4.43. The van der Waals surface area contributed by atoms with Gasteiger partial charge in [0.15, 0.2) is 0 Å². The highest BCUT2D eigenvalue weighted by atomic mass is 16.3. The lowest BCUT2D eigenvalue weighted by molar-refractivity contribution is 0.423. The molecule has 5 N–H and O–H groups in total. The van der Waals surface area contributed by atoms with Crippen molar-refractivity contribution in [1.82, 2.24) is 15.0 Å². The number of hydrogen-bond acceptors (Lipinski definition) is 7. The summed E-state index contributed by atoms with van der Waals surface area (Å²) in [5.41, 5.74) is 13.3. The normalized spacial score (nSPS) is 12.7. The van der Waals surface area contributed by atoms with Gasteiger partial charge < -0.3 is 16.6 Å². The van der Waals surface area contributed by atoms with Crippen LogP contribution in [0, 0.1) is 0 Å². The molecule has 0 aliphatic carbocycles. The Hall–Kier alpha value is -2.70. The van der Waals surface area contributed by atoms with E-state index in [0.717, 1.165) is 16.7 Å². The van der Waals surface area contributed by atoms with Crippen LogP contribution in [-0.2, 0) is 10.8 Å². The van der Waals surface area contributed by atoms with Crippen molar-refractivity contribution >= 4 is 24.1 Å². The summed E-state index contributed by atoms with van der Waals surface area (Å²) in [5.74, 6) is 0.519.